The Kier molecular flexibility index (Phi) is 3.81. The summed E-state index contributed by atoms with van der Waals surface area (Å²) >= 11 is 0. The molecular formula is C15H26N2O2. The predicted molar refractivity (Wildman–Crippen MR) is 73.9 cm³/mol. The quantitative estimate of drug-likeness (QED) is 0.725. The van der Waals surface area contributed by atoms with Gasteiger partial charge in [-0.1, -0.05) is 0 Å². The van der Waals surface area contributed by atoms with Gasteiger partial charge in [-0.25, -0.2) is 0 Å². The Morgan fingerprint density at radius 1 is 1.11 bits per heavy atom. The summed E-state index contributed by atoms with van der Waals surface area (Å²) in [5.41, 5.74) is 0.510. The highest BCUT2D eigenvalue weighted by molar-refractivity contribution is 5.37. The molecule has 19 heavy (non-hydrogen) atoms. The lowest BCUT2D eigenvalue weighted by molar-refractivity contribution is -0.150. The topological polar surface area (TPSA) is 32.8 Å². The molecule has 4 nitrogen and oxygen atoms in total. The number of likely N-dealkylation sites (tertiary alicyclic amines) is 2. The van der Waals surface area contributed by atoms with Gasteiger partial charge >= 0.3 is 0 Å². The van der Waals surface area contributed by atoms with Crippen molar-refractivity contribution in [2.24, 2.45) is 5.41 Å². The maximum Gasteiger partial charge on any atom is 0.293 e. The molecular weight excluding hydrogens is 240 g/mol. The van der Waals surface area contributed by atoms with Gasteiger partial charge in [-0.3, -0.25) is 4.79 Å². The lowest BCUT2D eigenvalue weighted by Gasteiger charge is -2.52. The van der Waals surface area contributed by atoms with Gasteiger partial charge in [-0.05, 0) is 77.2 Å². The molecule has 108 valence electrons. The largest absolute Gasteiger partial charge is 0.465 e. The average molecular weight is 266 g/mol. The van der Waals surface area contributed by atoms with Crippen molar-refractivity contribution >= 4 is 6.47 Å². The van der Waals surface area contributed by atoms with Crippen molar-refractivity contribution in [1.82, 2.24) is 9.80 Å². The molecule has 3 aliphatic rings. The number of hydrogen-bond donors (Lipinski definition) is 0. The Morgan fingerprint density at radius 3 is 2.32 bits per heavy atom. The molecule has 0 radical (unpaired) electrons. The van der Waals surface area contributed by atoms with Crippen molar-refractivity contribution in [3.63, 3.8) is 0 Å². The molecule has 3 fully saturated rings. The molecule has 3 rings (SSSR count). The fraction of sp³-hybridized carbons (Fsp3) is 0.933. The summed E-state index contributed by atoms with van der Waals surface area (Å²) in [5, 5.41) is 0. The monoisotopic (exact) mass is 266 g/mol. The van der Waals surface area contributed by atoms with Crippen LogP contribution in [-0.4, -0.2) is 61.6 Å². The minimum absolute atomic E-state index is 0.215. The van der Waals surface area contributed by atoms with Crippen LogP contribution in [0.15, 0.2) is 0 Å². The fourth-order valence-corrected chi connectivity index (χ4v) is 4.21. The van der Waals surface area contributed by atoms with E-state index in [9.17, 15) is 4.79 Å². The fourth-order valence-electron chi connectivity index (χ4n) is 4.21. The summed E-state index contributed by atoms with van der Waals surface area (Å²) in [6.45, 7) is 5.62. The third-order valence-corrected chi connectivity index (χ3v) is 5.63. The van der Waals surface area contributed by atoms with Gasteiger partial charge in [0.1, 0.15) is 6.10 Å². The normalized spacial score (nSPS) is 30.2. The van der Waals surface area contributed by atoms with E-state index in [-0.39, 0.29) is 6.10 Å². The van der Waals surface area contributed by atoms with E-state index in [1.807, 2.05) is 0 Å². The van der Waals surface area contributed by atoms with E-state index < -0.39 is 0 Å². The molecule has 1 saturated carbocycles. The van der Waals surface area contributed by atoms with E-state index in [2.05, 4.69) is 16.8 Å². The lowest BCUT2D eigenvalue weighted by atomic mass is 9.61. The van der Waals surface area contributed by atoms with E-state index >= 15 is 0 Å². The van der Waals surface area contributed by atoms with E-state index in [0.29, 0.717) is 11.9 Å². The summed E-state index contributed by atoms with van der Waals surface area (Å²) in [6.07, 6.45) is 7.70. The molecule has 2 aliphatic heterocycles. The van der Waals surface area contributed by atoms with Gasteiger partial charge < -0.3 is 14.5 Å². The standard InChI is InChI=1S/C15H26N2O2/c1-16-6-2-13(3-7-16)17-8-4-15(5-9-17)10-14(11-15)19-12-18/h12-14H,2-11H2,1H3. The summed E-state index contributed by atoms with van der Waals surface area (Å²) < 4.78 is 5.06. The Hall–Kier alpha value is -0.610. The van der Waals surface area contributed by atoms with Gasteiger partial charge in [0.25, 0.3) is 6.47 Å². The average Bonchev–Trinajstić information content (AvgIpc) is 2.39. The molecule has 1 spiro atoms. The van der Waals surface area contributed by atoms with Crippen LogP contribution >= 0.6 is 0 Å². The number of hydrogen-bond acceptors (Lipinski definition) is 4. The molecule has 0 aromatic carbocycles. The van der Waals surface area contributed by atoms with Crippen molar-refractivity contribution in [2.75, 3.05) is 33.2 Å². The lowest BCUT2D eigenvalue weighted by Crippen LogP contribution is -2.53. The second-order valence-electron chi connectivity index (χ2n) is 6.83. The molecule has 2 heterocycles. The minimum Gasteiger partial charge on any atom is -0.465 e. The molecule has 4 heteroatoms. The summed E-state index contributed by atoms with van der Waals surface area (Å²) in [4.78, 5) is 15.5. The third-order valence-electron chi connectivity index (χ3n) is 5.63. The van der Waals surface area contributed by atoms with E-state index in [4.69, 9.17) is 4.74 Å². The Labute approximate surface area is 116 Å². The van der Waals surface area contributed by atoms with Gasteiger partial charge in [0, 0.05) is 6.04 Å². The first-order valence-electron chi connectivity index (χ1n) is 7.72. The van der Waals surface area contributed by atoms with Gasteiger partial charge in [-0.2, -0.15) is 0 Å². The van der Waals surface area contributed by atoms with Crippen LogP contribution in [0.5, 0.6) is 0 Å². The van der Waals surface area contributed by atoms with Crippen LogP contribution in [0.2, 0.25) is 0 Å². The minimum atomic E-state index is 0.215. The maximum absolute atomic E-state index is 10.3. The molecule has 0 N–H and O–H groups in total. The zero-order valence-corrected chi connectivity index (χ0v) is 12.0. The van der Waals surface area contributed by atoms with Crippen LogP contribution in [0.25, 0.3) is 0 Å². The first kappa shape index (κ1) is 13.4. The predicted octanol–water partition coefficient (Wildman–Crippen LogP) is 1.50. The first-order valence-corrected chi connectivity index (χ1v) is 7.72. The molecule has 2 saturated heterocycles. The van der Waals surface area contributed by atoms with Crippen LogP contribution in [0.4, 0.5) is 0 Å². The maximum atomic E-state index is 10.3. The molecule has 0 aromatic rings. The van der Waals surface area contributed by atoms with Crippen molar-refractivity contribution in [3.8, 4) is 0 Å². The summed E-state index contributed by atoms with van der Waals surface area (Å²) in [7, 11) is 2.23. The zero-order chi connectivity index (χ0) is 13.3. The third kappa shape index (κ3) is 2.79. The van der Waals surface area contributed by atoms with E-state index in [1.165, 1.54) is 51.9 Å². The Balaban J connectivity index is 1.44. The molecule has 0 unspecified atom stereocenters. The number of carbonyl (C=O) groups is 1. The molecule has 0 amide bonds. The highest BCUT2D eigenvalue weighted by Crippen LogP contribution is 2.50. The van der Waals surface area contributed by atoms with Crippen LogP contribution in [0, 0.1) is 5.41 Å². The highest BCUT2D eigenvalue weighted by Gasteiger charge is 2.47. The first-order chi connectivity index (χ1) is 9.21. The van der Waals surface area contributed by atoms with Crippen LogP contribution in [-0.2, 0) is 9.53 Å². The Morgan fingerprint density at radius 2 is 1.74 bits per heavy atom. The number of piperidine rings is 2. The SMILES string of the molecule is CN1CCC(N2CCC3(CC2)CC(OC=O)C3)CC1. The zero-order valence-electron chi connectivity index (χ0n) is 12.0. The highest BCUT2D eigenvalue weighted by atomic mass is 16.5. The van der Waals surface area contributed by atoms with Crippen LogP contribution < -0.4 is 0 Å². The molecule has 1 aliphatic carbocycles. The molecule has 0 aromatic heterocycles. The van der Waals surface area contributed by atoms with Gasteiger partial charge in [0.2, 0.25) is 0 Å². The van der Waals surface area contributed by atoms with Gasteiger partial charge in [0.05, 0.1) is 0 Å². The smallest absolute Gasteiger partial charge is 0.293 e. The van der Waals surface area contributed by atoms with Crippen molar-refractivity contribution in [3.05, 3.63) is 0 Å². The van der Waals surface area contributed by atoms with Crippen molar-refractivity contribution in [2.45, 2.75) is 50.7 Å². The van der Waals surface area contributed by atoms with Gasteiger partial charge in [0.15, 0.2) is 0 Å². The van der Waals surface area contributed by atoms with E-state index in [1.54, 1.807) is 0 Å². The van der Waals surface area contributed by atoms with Crippen LogP contribution in [0.3, 0.4) is 0 Å². The second-order valence-corrected chi connectivity index (χ2v) is 6.83. The number of nitrogens with zero attached hydrogens (tertiary/aromatic N) is 2. The summed E-state index contributed by atoms with van der Waals surface area (Å²) in [5.74, 6) is 0. The summed E-state index contributed by atoms with van der Waals surface area (Å²) in [6, 6.07) is 0.815. The number of carbonyl (C=O) groups excluding carboxylic acids is 1. The molecule has 0 bridgehead atoms. The molecule has 0 atom stereocenters. The Bertz CT molecular complexity index is 310. The van der Waals surface area contributed by atoms with Crippen molar-refractivity contribution in [1.29, 1.82) is 0 Å². The van der Waals surface area contributed by atoms with Crippen molar-refractivity contribution < 1.29 is 9.53 Å². The van der Waals surface area contributed by atoms with E-state index in [0.717, 1.165) is 18.9 Å². The van der Waals surface area contributed by atoms with Crippen LogP contribution in [0.1, 0.15) is 38.5 Å². The second kappa shape index (κ2) is 5.41. The number of rotatable bonds is 3. The number of ether oxygens (including phenoxy) is 1. The van der Waals surface area contributed by atoms with Gasteiger partial charge in [-0.15, -0.1) is 0 Å².